The van der Waals surface area contributed by atoms with Crippen molar-refractivity contribution in [2.45, 2.75) is 97.4 Å². The third-order valence-electron chi connectivity index (χ3n) is 7.84. The van der Waals surface area contributed by atoms with E-state index < -0.39 is 0 Å². The molecule has 0 heterocycles. The second-order valence-corrected chi connectivity index (χ2v) is 17.4. The first-order valence-electron chi connectivity index (χ1n) is 14.4. The zero-order valence-electron chi connectivity index (χ0n) is 25.3. The van der Waals surface area contributed by atoms with Crippen LogP contribution in [-0.4, -0.2) is 16.5 Å². The molecule has 0 aliphatic rings. The second-order valence-electron chi connectivity index (χ2n) is 13.5. The zero-order valence-corrected chi connectivity index (χ0v) is 26.2. The molecule has 1 nitrogen and oxygen atoms in total. The first-order valence-corrected chi connectivity index (χ1v) is 15.9. The lowest BCUT2D eigenvalue weighted by Gasteiger charge is -2.44. The van der Waals surface area contributed by atoms with Crippen molar-refractivity contribution >= 4 is 35.2 Å². The van der Waals surface area contributed by atoms with Gasteiger partial charge in [-0.3, -0.25) is 0 Å². The number of hydrogen-bond acceptors (Lipinski definition) is 1. The molecule has 0 fully saturated rings. The number of fused-ring (bicyclic) bond motifs is 2. The summed E-state index contributed by atoms with van der Waals surface area (Å²) >= 11 is 0. The predicted octanol–water partition coefficient (Wildman–Crippen LogP) is 11.5. The maximum Gasteiger partial charge on any atom is 0.0565 e. The zero-order chi connectivity index (χ0) is 27.8. The second kappa shape index (κ2) is 11.0. The van der Waals surface area contributed by atoms with Gasteiger partial charge in [-0.25, -0.2) is 0 Å². The highest BCUT2D eigenvalue weighted by Crippen LogP contribution is 2.61. The number of nitrogens with one attached hydrogen (secondary N) is 1. The Bertz CT molecular complexity index is 1310. The van der Waals surface area contributed by atoms with E-state index in [0.29, 0.717) is 11.8 Å². The van der Waals surface area contributed by atoms with Gasteiger partial charge in [0.2, 0.25) is 0 Å². The predicted molar refractivity (Wildman–Crippen MR) is 174 cm³/mol. The Kier molecular flexibility index (Phi) is 8.30. The molecule has 38 heavy (non-hydrogen) atoms. The Morgan fingerprint density at radius 1 is 0.632 bits per heavy atom. The summed E-state index contributed by atoms with van der Waals surface area (Å²) in [5.41, 5.74) is 5.63. The maximum atomic E-state index is 4.27. The van der Waals surface area contributed by atoms with Crippen molar-refractivity contribution in [3.63, 3.8) is 0 Å². The highest BCUT2D eigenvalue weighted by molar-refractivity contribution is 7.60. The van der Waals surface area contributed by atoms with Crippen LogP contribution < -0.4 is 5.32 Å². The fraction of sp³-hybridized carbons (Fsp3) is 0.444. The van der Waals surface area contributed by atoms with E-state index in [2.05, 4.69) is 147 Å². The number of benzene rings is 4. The Morgan fingerprint density at radius 2 is 1.08 bits per heavy atom. The topological polar surface area (TPSA) is 12.0 Å². The summed E-state index contributed by atoms with van der Waals surface area (Å²) in [5.74, 6) is 0.903. The molecule has 0 radical (unpaired) electrons. The van der Waals surface area contributed by atoms with Crippen molar-refractivity contribution in [2.24, 2.45) is 0 Å². The molecule has 0 aliphatic heterocycles. The molecular formula is C36H48NP. The van der Waals surface area contributed by atoms with Crippen molar-refractivity contribution in [3.8, 4) is 0 Å². The van der Waals surface area contributed by atoms with E-state index >= 15 is 0 Å². The van der Waals surface area contributed by atoms with Gasteiger partial charge in [-0.05, 0) is 72.6 Å². The molecular weight excluding hydrogens is 477 g/mol. The van der Waals surface area contributed by atoms with Gasteiger partial charge in [0.15, 0.2) is 0 Å². The minimum Gasteiger partial charge on any atom is -0.377 e. The lowest BCUT2D eigenvalue weighted by atomic mass is 9.90. The van der Waals surface area contributed by atoms with Gasteiger partial charge >= 0.3 is 0 Å². The molecule has 0 spiro atoms. The molecule has 1 atom stereocenters. The van der Waals surface area contributed by atoms with E-state index in [4.69, 9.17) is 0 Å². The van der Waals surface area contributed by atoms with Gasteiger partial charge in [0.05, 0.1) is 6.04 Å². The van der Waals surface area contributed by atoms with Gasteiger partial charge in [0.25, 0.3) is 0 Å². The van der Waals surface area contributed by atoms with E-state index in [-0.39, 0.29) is 24.3 Å². The highest BCUT2D eigenvalue weighted by atomic mass is 31.1. The average Bonchev–Trinajstić information content (AvgIpc) is 2.83. The van der Waals surface area contributed by atoms with Gasteiger partial charge in [0, 0.05) is 5.69 Å². The van der Waals surface area contributed by atoms with E-state index in [0.717, 1.165) is 6.16 Å². The number of para-hydroxylation sites is 1. The molecule has 0 amide bonds. The Hall–Kier alpha value is -2.37. The summed E-state index contributed by atoms with van der Waals surface area (Å²) in [7, 11) is -0.325. The molecule has 0 bridgehead atoms. The SMILES string of the molecule is CC(C)c1cccc(C(C)C)c1NC(CP(C(C)(C)C)C(C)(C)C)c1c2ccccc2cc2ccccc12. The molecule has 0 saturated carbocycles. The van der Waals surface area contributed by atoms with Gasteiger partial charge < -0.3 is 5.32 Å². The van der Waals surface area contributed by atoms with Crippen LogP contribution in [0, 0.1) is 0 Å². The van der Waals surface area contributed by atoms with Crippen LogP contribution in [0.5, 0.6) is 0 Å². The van der Waals surface area contributed by atoms with Crippen LogP contribution in [0.2, 0.25) is 0 Å². The highest BCUT2D eigenvalue weighted by Gasteiger charge is 2.37. The monoisotopic (exact) mass is 525 g/mol. The Balaban J connectivity index is 2.03. The number of anilines is 1. The minimum absolute atomic E-state index is 0.202. The van der Waals surface area contributed by atoms with Crippen LogP contribution >= 0.6 is 7.92 Å². The normalized spacial score (nSPS) is 13.7. The lowest BCUT2D eigenvalue weighted by Crippen LogP contribution is -2.30. The van der Waals surface area contributed by atoms with E-state index in [1.807, 2.05) is 0 Å². The third-order valence-corrected chi connectivity index (χ3v) is 11.8. The van der Waals surface area contributed by atoms with Crippen LogP contribution in [0.15, 0.2) is 72.8 Å². The average molecular weight is 526 g/mol. The molecule has 1 unspecified atom stereocenters. The molecule has 4 aromatic rings. The van der Waals surface area contributed by atoms with Crippen molar-refractivity contribution in [2.75, 3.05) is 11.5 Å². The summed E-state index contributed by atoms with van der Waals surface area (Å²) in [4.78, 5) is 0. The van der Waals surface area contributed by atoms with Gasteiger partial charge in [0.1, 0.15) is 0 Å². The minimum atomic E-state index is -0.325. The number of hydrogen-bond donors (Lipinski definition) is 1. The number of rotatable bonds is 7. The van der Waals surface area contributed by atoms with Crippen molar-refractivity contribution in [1.82, 2.24) is 0 Å². The Morgan fingerprint density at radius 3 is 1.50 bits per heavy atom. The first-order chi connectivity index (χ1) is 17.8. The van der Waals surface area contributed by atoms with Crippen LogP contribution in [0.25, 0.3) is 21.5 Å². The fourth-order valence-electron chi connectivity index (χ4n) is 6.26. The molecule has 4 aromatic carbocycles. The molecule has 0 saturated heterocycles. The first kappa shape index (κ1) is 28.6. The van der Waals surface area contributed by atoms with Crippen LogP contribution in [0.1, 0.15) is 104 Å². The summed E-state index contributed by atoms with van der Waals surface area (Å²) in [6.07, 6.45) is 1.13. The molecule has 0 aromatic heterocycles. The van der Waals surface area contributed by atoms with Gasteiger partial charge in [-0.15, -0.1) is 0 Å². The molecule has 0 aliphatic carbocycles. The smallest absolute Gasteiger partial charge is 0.0565 e. The quantitative estimate of drug-likeness (QED) is 0.187. The molecule has 2 heteroatoms. The summed E-state index contributed by atoms with van der Waals surface area (Å²) in [6, 6.07) is 27.4. The van der Waals surface area contributed by atoms with Gasteiger partial charge in [-0.2, -0.15) is 0 Å². The van der Waals surface area contributed by atoms with Crippen LogP contribution in [0.3, 0.4) is 0 Å². The van der Waals surface area contributed by atoms with E-state index in [1.54, 1.807) is 0 Å². The van der Waals surface area contributed by atoms with E-state index in [9.17, 15) is 0 Å². The maximum absolute atomic E-state index is 4.27. The van der Waals surface area contributed by atoms with Crippen LogP contribution in [-0.2, 0) is 0 Å². The lowest BCUT2D eigenvalue weighted by molar-refractivity contribution is 0.693. The molecule has 202 valence electrons. The summed E-state index contributed by atoms with van der Waals surface area (Å²) < 4.78 is 0. The molecule has 1 N–H and O–H groups in total. The summed E-state index contributed by atoms with van der Waals surface area (Å²) in [5, 5.41) is 10.1. The van der Waals surface area contributed by atoms with Crippen molar-refractivity contribution in [1.29, 1.82) is 0 Å². The fourth-order valence-corrected chi connectivity index (χ4v) is 10.0. The largest absolute Gasteiger partial charge is 0.377 e. The molecule has 4 rings (SSSR count). The van der Waals surface area contributed by atoms with Crippen LogP contribution in [0.4, 0.5) is 5.69 Å². The summed E-state index contributed by atoms with van der Waals surface area (Å²) in [6.45, 7) is 24.0. The standard InChI is InChI=1S/C36H48NP/c1-24(2)28-20-15-21-29(25(3)4)34(28)37-32(23-38(35(5,6)7)36(8,9)10)33-30-18-13-11-16-26(30)22-27-17-12-14-19-31(27)33/h11-22,24-25,32,37H,23H2,1-10H3. The van der Waals surface area contributed by atoms with Crippen molar-refractivity contribution in [3.05, 3.63) is 89.5 Å². The van der Waals surface area contributed by atoms with Crippen molar-refractivity contribution < 1.29 is 0 Å². The van der Waals surface area contributed by atoms with E-state index in [1.165, 1.54) is 43.9 Å². The third kappa shape index (κ3) is 5.94. The Labute approximate surface area is 233 Å². The van der Waals surface area contributed by atoms with Gasteiger partial charge in [-0.1, -0.05) is 144 Å².